The first-order valence-corrected chi connectivity index (χ1v) is 6.89. The Morgan fingerprint density at radius 3 is 2.59 bits per heavy atom. The first-order chi connectivity index (χ1) is 10.5. The number of carbonyl (C=O) groups excluding carboxylic acids is 1. The molecule has 5 nitrogen and oxygen atoms in total. The Morgan fingerprint density at radius 2 is 1.95 bits per heavy atom. The molecule has 0 spiro atoms. The molecule has 0 saturated heterocycles. The molecule has 5 heteroatoms. The number of rotatable bonds is 2. The summed E-state index contributed by atoms with van der Waals surface area (Å²) in [4.78, 5) is 16.2. The Kier molecular flexibility index (Phi) is 3.25. The lowest BCUT2D eigenvalue weighted by molar-refractivity contribution is -0.565. The summed E-state index contributed by atoms with van der Waals surface area (Å²) in [6, 6.07) is 10.6. The Morgan fingerprint density at radius 1 is 1.18 bits per heavy atom. The number of primary amides is 1. The van der Waals surface area contributed by atoms with E-state index in [0.717, 1.165) is 10.3 Å². The number of carbonyl (C=O) groups is 1. The topological polar surface area (TPSA) is 82.9 Å². The summed E-state index contributed by atoms with van der Waals surface area (Å²) in [6.07, 6.45) is 1.61. The highest BCUT2D eigenvalue weighted by Gasteiger charge is 2.26. The van der Waals surface area contributed by atoms with Gasteiger partial charge in [0, 0.05) is 17.8 Å². The van der Waals surface area contributed by atoms with Crippen LogP contribution in [0.15, 0.2) is 42.6 Å². The normalized spacial score (nSPS) is 10.8. The number of benzene rings is 1. The van der Waals surface area contributed by atoms with Crippen molar-refractivity contribution in [3.05, 3.63) is 64.5 Å². The predicted octanol–water partition coefficient (Wildman–Crippen LogP) is 2.25. The highest BCUT2D eigenvalue weighted by atomic mass is 16.5. The third-order valence-electron chi connectivity index (χ3n) is 3.81. The number of hydrogen-bond donors (Lipinski definition) is 1. The van der Waals surface area contributed by atoms with Crippen molar-refractivity contribution in [1.29, 1.82) is 0 Å². The summed E-state index contributed by atoms with van der Waals surface area (Å²) in [5, 5.41) is 13.4. The standard InChI is InChI=1S/C17H15N3O2/c1-10-6-5-8-13-14(10)15(17(18)21)11(2)16(20(13)22)12-7-3-4-9-19-12/h3-9H,1-2H3,(H2,18,21). The van der Waals surface area contributed by atoms with Crippen molar-refractivity contribution in [3.8, 4) is 11.4 Å². The number of nitrogens with zero attached hydrogens (tertiary/aromatic N) is 2. The first-order valence-electron chi connectivity index (χ1n) is 6.89. The van der Waals surface area contributed by atoms with Crippen LogP contribution in [0.4, 0.5) is 0 Å². The fourth-order valence-corrected chi connectivity index (χ4v) is 2.83. The molecule has 0 fully saturated rings. The smallest absolute Gasteiger partial charge is 0.250 e. The van der Waals surface area contributed by atoms with Gasteiger partial charge in [0.1, 0.15) is 5.69 Å². The molecule has 0 aliphatic rings. The van der Waals surface area contributed by atoms with Gasteiger partial charge in [-0.3, -0.25) is 4.79 Å². The molecular weight excluding hydrogens is 278 g/mol. The summed E-state index contributed by atoms with van der Waals surface area (Å²) in [6.45, 7) is 3.58. The number of aryl methyl sites for hydroxylation is 1. The van der Waals surface area contributed by atoms with Gasteiger partial charge in [-0.05, 0) is 31.5 Å². The highest BCUT2D eigenvalue weighted by molar-refractivity contribution is 6.08. The van der Waals surface area contributed by atoms with Gasteiger partial charge < -0.3 is 10.9 Å². The van der Waals surface area contributed by atoms with E-state index in [4.69, 9.17) is 5.73 Å². The van der Waals surface area contributed by atoms with Crippen LogP contribution >= 0.6 is 0 Å². The number of hydrogen-bond acceptors (Lipinski definition) is 3. The zero-order chi connectivity index (χ0) is 15.9. The van der Waals surface area contributed by atoms with Gasteiger partial charge in [-0.1, -0.05) is 18.2 Å². The minimum atomic E-state index is -0.547. The van der Waals surface area contributed by atoms with Crippen LogP contribution in [-0.4, -0.2) is 10.9 Å². The van der Waals surface area contributed by atoms with Crippen molar-refractivity contribution in [1.82, 2.24) is 4.98 Å². The second-order valence-corrected chi connectivity index (χ2v) is 5.19. The molecule has 2 N–H and O–H groups in total. The predicted molar refractivity (Wildman–Crippen MR) is 84.1 cm³/mol. The molecule has 22 heavy (non-hydrogen) atoms. The van der Waals surface area contributed by atoms with Gasteiger partial charge in [0.2, 0.25) is 17.1 Å². The van der Waals surface area contributed by atoms with Crippen molar-refractivity contribution in [2.75, 3.05) is 0 Å². The molecule has 0 radical (unpaired) electrons. The molecule has 0 bridgehead atoms. The second-order valence-electron chi connectivity index (χ2n) is 5.19. The van der Waals surface area contributed by atoms with Gasteiger partial charge in [-0.25, -0.2) is 4.98 Å². The van der Waals surface area contributed by atoms with Gasteiger partial charge in [-0.15, -0.1) is 0 Å². The Hall–Kier alpha value is -2.95. The third kappa shape index (κ3) is 1.98. The van der Waals surface area contributed by atoms with Gasteiger partial charge in [0.25, 0.3) is 0 Å². The van der Waals surface area contributed by atoms with Crippen LogP contribution in [-0.2, 0) is 0 Å². The van der Waals surface area contributed by atoms with Crippen LogP contribution in [0.25, 0.3) is 22.3 Å². The highest BCUT2D eigenvalue weighted by Crippen LogP contribution is 2.28. The van der Waals surface area contributed by atoms with E-state index in [1.165, 1.54) is 0 Å². The molecule has 1 aromatic carbocycles. The summed E-state index contributed by atoms with van der Waals surface area (Å²) < 4.78 is 0.826. The number of amides is 1. The maximum atomic E-state index is 12.8. The molecule has 0 unspecified atom stereocenters. The Balaban J connectivity index is 2.53. The van der Waals surface area contributed by atoms with Crippen LogP contribution in [0.1, 0.15) is 21.5 Å². The van der Waals surface area contributed by atoms with Crippen LogP contribution in [0.2, 0.25) is 0 Å². The second kappa shape index (κ2) is 5.11. The molecule has 0 aliphatic carbocycles. The maximum absolute atomic E-state index is 12.8. The fourth-order valence-electron chi connectivity index (χ4n) is 2.83. The summed E-state index contributed by atoms with van der Waals surface area (Å²) in [7, 11) is 0. The number of aromatic nitrogens is 2. The van der Waals surface area contributed by atoms with E-state index in [2.05, 4.69) is 4.98 Å². The average Bonchev–Trinajstić information content (AvgIpc) is 2.49. The van der Waals surface area contributed by atoms with Crippen LogP contribution in [0.5, 0.6) is 0 Å². The molecule has 0 saturated carbocycles. The lowest BCUT2D eigenvalue weighted by Gasteiger charge is -2.15. The molecule has 3 aromatic rings. The molecule has 2 heterocycles. The summed E-state index contributed by atoms with van der Waals surface area (Å²) in [5.74, 6) is -0.547. The van der Waals surface area contributed by atoms with Crippen molar-refractivity contribution in [2.45, 2.75) is 13.8 Å². The van der Waals surface area contributed by atoms with E-state index in [0.29, 0.717) is 33.4 Å². The Bertz CT molecular complexity index is 890. The van der Waals surface area contributed by atoms with Gasteiger partial charge in [0.05, 0.1) is 10.9 Å². The molecule has 3 rings (SSSR count). The van der Waals surface area contributed by atoms with E-state index >= 15 is 0 Å². The molecule has 110 valence electrons. The summed E-state index contributed by atoms with van der Waals surface area (Å²) >= 11 is 0. The quantitative estimate of drug-likeness (QED) is 0.581. The van der Waals surface area contributed by atoms with Gasteiger partial charge in [0.15, 0.2) is 0 Å². The molecule has 0 atom stereocenters. The van der Waals surface area contributed by atoms with E-state index < -0.39 is 5.91 Å². The first kappa shape index (κ1) is 14.0. The fraction of sp³-hybridized carbons (Fsp3) is 0.118. The molecule has 0 aliphatic heterocycles. The molecule has 2 aromatic heterocycles. The largest absolute Gasteiger partial charge is 0.618 e. The Labute approximate surface area is 127 Å². The maximum Gasteiger partial charge on any atom is 0.250 e. The lowest BCUT2D eigenvalue weighted by atomic mass is 9.96. The van der Waals surface area contributed by atoms with Crippen molar-refractivity contribution in [2.24, 2.45) is 5.73 Å². The van der Waals surface area contributed by atoms with E-state index in [1.807, 2.05) is 13.0 Å². The van der Waals surface area contributed by atoms with Crippen molar-refractivity contribution < 1.29 is 9.52 Å². The van der Waals surface area contributed by atoms with E-state index in [1.54, 1.807) is 43.5 Å². The monoisotopic (exact) mass is 293 g/mol. The van der Waals surface area contributed by atoms with E-state index in [9.17, 15) is 10.0 Å². The van der Waals surface area contributed by atoms with Crippen molar-refractivity contribution >= 4 is 16.8 Å². The minimum absolute atomic E-state index is 0.354. The van der Waals surface area contributed by atoms with Crippen molar-refractivity contribution in [3.63, 3.8) is 0 Å². The van der Waals surface area contributed by atoms with E-state index in [-0.39, 0.29) is 0 Å². The number of pyridine rings is 2. The van der Waals surface area contributed by atoms with Gasteiger partial charge >= 0.3 is 0 Å². The lowest BCUT2D eigenvalue weighted by Crippen LogP contribution is -2.34. The average molecular weight is 293 g/mol. The minimum Gasteiger partial charge on any atom is -0.618 e. The number of nitrogens with two attached hydrogens (primary N) is 1. The van der Waals surface area contributed by atoms with Crippen LogP contribution < -0.4 is 10.5 Å². The van der Waals surface area contributed by atoms with Gasteiger partial charge in [-0.2, -0.15) is 4.73 Å². The SMILES string of the molecule is Cc1c(C(N)=O)c2c(C)cccc2[n+]([O-])c1-c1ccccn1. The van der Waals surface area contributed by atoms with Crippen LogP contribution in [0, 0.1) is 19.1 Å². The van der Waals surface area contributed by atoms with Crippen LogP contribution in [0.3, 0.4) is 0 Å². The molecule has 1 amide bonds. The summed E-state index contributed by atoms with van der Waals surface area (Å²) in [5.41, 5.74) is 8.62. The third-order valence-corrected chi connectivity index (χ3v) is 3.81. The molecular formula is C17H15N3O2. The zero-order valence-electron chi connectivity index (χ0n) is 12.3. The number of fused-ring (bicyclic) bond motifs is 1. The zero-order valence-corrected chi connectivity index (χ0v) is 12.3.